The Bertz CT molecular complexity index is 489. The van der Waals surface area contributed by atoms with E-state index in [1.54, 1.807) is 24.2 Å². The number of anilines is 1. The van der Waals surface area contributed by atoms with Gasteiger partial charge >= 0.3 is 0 Å². The van der Waals surface area contributed by atoms with Gasteiger partial charge in [0.25, 0.3) is 0 Å². The number of hydrogen-bond donors (Lipinski definition) is 2. The fraction of sp³-hybridized carbons (Fsp3) is 0.333. The molecule has 2 aromatic heterocycles. The van der Waals surface area contributed by atoms with Crippen molar-refractivity contribution in [3.05, 3.63) is 24.4 Å². The van der Waals surface area contributed by atoms with Gasteiger partial charge in [-0.2, -0.15) is 10.2 Å². The molecule has 0 aliphatic carbocycles. The molecule has 3 N–H and O–H groups in total. The number of carbonyl (C=O) groups is 1. The Morgan fingerprint density at radius 2 is 2.47 bits per heavy atom. The first-order valence-corrected chi connectivity index (χ1v) is 5.02. The molecule has 0 unspecified atom stereocenters. The van der Waals surface area contributed by atoms with Gasteiger partial charge < -0.3 is 10.6 Å². The third-order valence-corrected chi connectivity index (χ3v) is 2.24. The van der Waals surface area contributed by atoms with Crippen LogP contribution >= 0.6 is 0 Å². The molecule has 0 spiro atoms. The van der Waals surface area contributed by atoms with E-state index < -0.39 is 0 Å². The van der Waals surface area contributed by atoms with Crippen molar-refractivity contribution in [2.75, 3.05) is 12.8 Å². The maximum absolute atomic E-state index is 11.8. The van der Waals surface area contributed by atoms with Crippen LogP contribution in [0.5, 0.6) is 0 Å². The Morgan fingerprint density at radius 1 is 1.65 bits per heavy atom. The molecule has 0 aliphatic rings. The van der Waals surface area contributed by atoms with Crippen molar-refractivity contribution in [3.63, 3.8) is 0 Å². The van der Waals surface area contributed by atoms with Crippen molar-refractivity contribution in [1.29, 1.82) is 0 Å². The lowest BCUT2D eigenvalue weighted by molar-refractivity contribution is -0.131. The second-order valence-corrected chi connectivity index (χ2v) is 3.62. The Labute approximate surface area is 97.4 Å². The van der Waals surface area contributed by atoms with Crippen LogP contribution in [0.25, 0.3) is 0 Å². The van der Waals surface area contributed by atoms with E-state index in [9.17, 15) is 4.79 Å². The highest BCUT2D eigenvalue weighted by atomic mass is 16.2. The molecule has 1 amide bonds. The second kappa shape index (κ2) is 4.64. The molecular formula is C9H13N7O. The van der Waals surface area contributed by atoms with Crippen LogP contribution in [0.3, 0.4) is 0 Å². The number of H-pyrrole nitrogens is 1. The topological polar surface area (TPSA) is 106 Å². The van der Waals surface area contributed by atoms with Crippen LogP contribution in [-0.4, -0.2) is 42.8 Å². The highest BCUT2D eigenvalue weighted by Gasteiger charge is 2.11. The molecule has 8 nitrogen and oxygen atoms in total. The summed E-state index contributed by atoms with van der Waals surface area (Å²) >= 11 is 0. The third kappa shape index (κ3) is 2.80. The average molecular weight is 235 g/mol. The summed E-state index contributed by atoms with van der Waals surface area (Å²) < 4.78 is 1.49. The van der Waals surface area contributed by atoms with Crippen molar-refractivity contribution < 1.29 is 4.79 Å². The zero-order chi connectivity index (χ0) is 12.3. The average Bonchev–Trinajstić information content (AvgIpc) is 2.90. The number of nitrogen functional groups attached to an aromatic ring is 1. The molecule has 0 fully saturated rings. The largest absolute Gasteiger partial charge is 0.382 e. The van der Waals surface area contributed by atoms with Gasteiger partial charge in [-0.25, -0.2) is 4.98 Å². The molecule has 0 saturated carbocycles. The first-order valence-electron chi connectivity index (χ1n) is 5.02. The smallest absolute Gasteiger partial charge is 0.244 e. The minimum atomic E-state index is -0.0792. The lowest BCUT2D eigenvalue weighted by Gasteiger charge is -2.15. The quantitative estimate of drug-likeness (QED) is 0.724. The van der Waals surface area contributed by atoms with Gasteiger partial charge in [0.15, 0.2) is 0 Å². The number of nitrogens with two attached hydrogens (primary N) is 1. The van der Waals surface area contributed by atoms with Gasteiger partial charge in [0.2, 0.25) is 5.91 Å². The summed E-state index contributed by atoms with van der Waals surface area (Å²) in [4.78, 5) is 17.3. The van der Waals surface area contributed by atoms with Crippen LogP contribution in [0.1, 0.15) is 5.82 Å². The van der Waals surface area contributed by atoms with Crippen molar-refractivity contribution in [2.45, 2.75) is 13.1 Å². The lowest BCUT2D eigenvalue weighted by Crippen LogP contribution is -2.30. The van der Waals surface area contributed by atoms with E-state index >= 15 is 0 Å². The Balaban J connectivity index is 1.91. The van der Waals surface area contributed by atoms with Crippen LogP contribution in [0, 0.1) is 0 Å². The molecule has 2 rings (SSSR count). The highest BCUT2D eigenvalue weighted by molar-refractivity contribution is 5.75. The zero-order valence-electron chi connectivity index (χ0n) is 9.37. The zero-order valence-corrected chi connectivity index (χ0v) is 9.37. The maximum Gasteiger partial charge on any atom is 0.244 e. The summed E-state index contributed by atoms with van der Waals surface area (Å²) in [6, 6.07) is 1.64. The molecule has 0 atom stereocenters. The van der Waals surface area contributed by atoms with Crippen molar-refractivity contribution >= 4 is 11.7 Å². The minimum Gasteiger partial charge on any atom is -0.382 e. The summed E-state index contributed by atoms with van der Waals surface area (Å²) in [6.45, 7) is 0.539. The molecule has 0 saturated heterocycles. The Kier molecular flexibility index (Phi) is 3.03. The van der Waals surface area contributed by atoms with Gasteiger partial charge in [0, 0.05) is 13.2 Å². The first kappa shape index (κ1) is 11.1. The van der Waals surface area contributed by atoms with Gasteiger partial charge in [0.05, 0.1) is 6.54 Å². The van der Waals surface area contributed by atoms with Crippen molar-refractivity contribution in [2.24, 2.45) is 0 Å². The molecular weight excluding hydrogens is 222 g/mol. The molecule has 90 valence electrons. The predicted octanol–water partition coefficient (Wildman–Crippen LogP) is -0.758. The number of likely N-dealkylation sites (N-methyl/N-ethyl adjacent to an activating group) is 1. The number of hydrogen-bond acceptors (Lipinski definition) is 5. The number of rotatable bonds is 4. The predicted molar refractivity (Wildman–Crippen MR) is 59.5 cm³/mol. The fourth-order valence-corrected chi connectivity index (χ4v) is 1.34. The van der Waals surface area contributed by atoms with Gasteiger partial charge in [-0.3, -0.25) is 14.6 Å². The Hall–Kier alpha value is -2.38. The number of nitrogens with one attached hydrogen (secondary N) is 1. The SMILES string of the molecule is CN(Cc1ncn[nH]1)C(=O)Cn1ccc(N)n1. The van der Waals surface area contributed by atoms with Crippen LogP contribution in [0.4, 0.5) is 5.82 Å². The van der Waals surface area contributed by atoms with E-state index in [2.05, 4.69) is 20.3 Å². The molecule has 0 radical (unpaired) electrons. The molecule has 0 aromatic carbocycles. The van der Waals surface area contributed by atoms with E-state index in [-0.39, 0.29) is 12.5 Å². The number of aromatic amines is 1. The van der Waals surface area contributed by atoms with Crippen LogP contribution in [-0.2, 0) is 17.9 Å². The van der Waals surface area contributed by atoms with Crippen LogP contribution in [0.15, 0.2) is 18.6 Å². The van der Waals surface area contributed by atoms with Gasteiger partial charge in [-0.15, -0.1) is 0 Å². The number of amides is 1. The third-order valence-electron chi connectivity index (χ3n) is 2.24. The standard InChI is InChI=1S/C9H13N7O/c1-15(4-8-11-6-12-13-8)9(17)5-16-3-2-7(10)14-16/h2-3,6H,4-5H2,1H3,(H2,10,14)(H,11,12,13). The summed E-state index contributed by atoms with van der Waals surface area (Å²) in [5.41, 5.74) is 5.46. The normalized spacial score (nSPS) is 10.4. The van der Waals surface area contributed by atoms with Gasteiger partial charge in [-0.1, -0.05) is 0 Å². The van der Waals surface area contributed by atoms with E-state index in [1.165, 1.54) is 11.0 Å². The summed E-state index contributed by atoms with van der Waals surface area (Å²) in [5.74, 6) is 0.959. The van der Waals surface area contributed by atoms with Gasteiger partial charge in [0.1, 0.15) is 24.5 Å². The highest BCUT2D eigenvalue weighted by Crippen LogP contribution is 1.99. The number of nitrogens with zero attached hydrogens (tertiary/aromatic N) is 5. The second-order valence-electron chi connectivity index (χ2n) is 3.62. The van der Waals surface area contributed by atoms with Crippen molar-refractivity contribution in [1.82, 2.24) is 29.9 Å². The molecule has 17 heavy (non-hydrogen) atoms. The molecule has 2 aromatic rings. The van der Waals surface area contributed by atoms with Crippen molar-refractivity contribution in [3.8, 4) is 0 Å². The van der Waals surface area contributed by atoms with E-state index in [4.69, 9.17) is 5.73 Å². The molecule has 8 heteroatoms. The minimum absolute atomic E-state index is 0.0792. The number of carbonyl (C=O) groups excluding carboxylic acids is 1. The monoisotopic (exact) mass is 235 g/mol. The molecule has 0 aliphatic heterocycles. The van der Waals surface area contributed by atoms with E-state index in [0.717, 1.165) is 0 Å². The fourth-order valence-electron chi connectivity index (χ4n) is 1.34. The number of aromatic nitrogens is 5. The van der Waals surface area contributed by atoms with Crippen LogP contribution in [0.2, 0.25) is 0 Å². The van der Waals surface area contributed by atoms with Crippen LogP contribution < -0.4 is 5.73 Å². The summed E-state index contributed by atoms with van der Waals surface area (Å²) in [5, 5.41) is 10.3. The molecule has 0 bridgehead atoms. The summed E-state index contributed by atoms with van der Waals surface area (Å²) in [7, 11) is 1.69. The van der Waals surface area contributed by atoms with Gasteiger partial charge in [-0.05, 0) is 6.07 Å². The lowest BCUT2D eigenvalue weighted by atomic mass is 10.4. The summed E-state index contributed by atoms with van der Waals surface area (Å²) in [6.07, 6.45) is 3.07. The molecule has 2 heterocycles. The Morgan fingerprint density at radius 3 is 3.06 bits per heavy atom. The first-order chi connectivity index (χ1) is 8.15. The van der Waals surface area contributed by atoms with E-state index in [1.807, 2.05) is 0 Å². The van der Waals surface area contributed by atoms with E-state index in [0.29, 0.717) is 18.2 Å². The maximum atomic E-state index is 11.8.